The molecule has 0 fully saturated rings. The molecule has 0 aliphatic rings. The molecule has 5 nitrogen and oxygen atoms in total. The van der Waals surface area contributed by atoms with Gasteiger partial charge in [-0.2, -0.15) is 0 Å². The van der Waals surface area contributed by atoms with E-state index in [-0.39, 0.29) is 5.97 Å². The molecule has 6 heteroatoms. The highest BCUT2D eigenvalue weighted by molar-refractivity contribution is 7.13. The van der Waals surface area contributed by atoms with Crippen LogP contribution in [0, 0.1) is 6.92 Å². The molecule has 0 saturated heterocycles. The molecule has 2 heterocycles. The second-order valence-electron chi connectivity index (χ2n) is 7.47. The fourth-order valence-electron chi connectivity index (χ4n) is 3.51. The Morgan fingerprint density at radius 1 is 1.06 bits per heavy atom. The van der Waals surface area contributed by atoms with Crippen molar-refractivity contribution in [3.8, 4) is 22.1 Å². The smallest absolute Gasteiger partial charge is 0.305 e. The third-order valence-corrected chi connectivity index (χ3v) is 6.05. The highest BCUT2D eigenvalue weighted by Crippen LogP contribution is 2.33. The largest absolute Gasteiger partial charge is 0.494 e. The zero-order valence-corrected chi connectivity index (χ0v) is 18.7. The third-order valence-electron chi connectivity index (χ3n) is 5.18. The van der Waals surface area contributed by atoms with Crippen molar-refractivity contribution < 1.29 is 14.3 Å². The number of benzene rings is 2. The summed E-state index contributed by atoms with van der Waals surface area (Å²) in [5.41, 5.74) is 4.27. The van der Waals surface area contributed by atoms with Crippen LogP contribution in [0.2, 0.25) is 0 Å². The molecule has 0 spiro atoms. The number of methoxy groups -OCH3 is 1. The second kappa shape index (κ2) is 9.79. The predicted molar refractivity (Wildman–Crippen MR) is 125 cm³/mol. The molecule has 0 atom stereocenters. The molecule has 0 amide bonds. The van der Waals surface area contributed by atoms with E-state index in [1.165, 1.54) is 12.7 Å². The van der Waals surface area contributed by atoms with Crippen LogP contribution in [0.4, 0.5) is 0 Å². The van der Waals surface area contributed by atoms with Gasteiger partial charge in [0.2, 0.25) is 0 Å². The van der Waals surface area contributed by atoms with E-state index in [9.17, 15) is 4.79 Å². The average molecular weight is 435 g/mol. The van der Waals surface area contributed by atoms with E-state index < -0.39 is 0 Å². The Bertz CT molecular complexity index is 1150. The van der Waals surface area contributed by atoms with E-state index in [2.05, 4.69) is 58.0 Å². The number of ether oxygens (including phenoxy) is 2. The average Bonchev–Trinajstić information content (AvgIpc) is 3.44. The zero-order valence-electron chi connectivity index (χ0n) is 17.8. The summed E-state index contributed by atoms with van der Waals surface area (Å²) in [6.45, 7) is 2.70. The summed E-state index contributed by atoms with van der Waals surface area (Å²) in [5.74, 6) is 1.61. The molecule has 160 valence electrons. The monoisotopic (exact) mass is 434 g/mol. The Morgan fingerprint density at radius 2 is 1.90 bits per heavy atom. The molecule has 2 aromatic heterocycles. The fourth-order valence-corrected chi connectivity index (χ4v) is 4.21. The van der Waals surface area contributed by atoms with Gasteiger partial charge in [-0.1, -0.05) is 23.8 Å². The number of rotatable bonds is 9. The van der Waals surface area contributed by atoms with Gasteiger partial charge in [0.25, 0.3) is 0 Å². The van der Waals surface area contributed by atoms with Crippen molar-refractivity contribution in [3.05, 3.63) is 65.5 Å². The number of carbonyl (C=O) groups excluding carboxylic acids is 1. The van der Waals surface area contributed by atoms with Crippen LogP contribution in [0.3, 0.4) is 0 Å². The van der Waals surface area contributed by atoms with Gasteiger partial charge in [0.15, 0.2) is 5.82 Å². The number of esters is 1. The fraction of sp³-hybridized carbons (Fsp3) is 0.280. The number of hydrogen-bond donors (Lipinski definition) is 0. The van der Waals surface area contributed by atoms with E-state index in [4.69, 9.17) is 9.72 Å². The predicted octanol–water partition coefficient (Wildman–Crippen LogP) is 6.17. The van der Waals surface area contributed by atoms with Gasteiger partial charge < -0.3 is 9.47 Å². The maximum atomic E-state index is 11.2. The Morgan fingerprint density at radius 3 is 2.65 bits per heavy atom. The number of fused-ring (bicyclic) bond motifs is 1. The Labute approximate surface area is 186 Å². The summed E-state index contributed by atoms with van der Waals surface area (Å²) in [6, 6.07) is 18.7. The van der Waals surface area contributed by atoms with Crippen LogP contribution < -0.4 is 4.74 Å². The van der Waals surface area contributed by atoms with Crippen molar-refractivity contribution in [2.24, 2.45) is 0 Å². The molecule has 2 aromatic carbocycles. The molecule has 0 aliphatic heterocycles. The van der Waals surface area contributed by atoms with Crippen molar-refractivity contribution >= 4 is 28.3 Å². The van der Waals surface area contributed by atoms with Crippen LogP contribution in [0.5, 0.6) is 5.75 Å². The summed E-state index contributed by atoms with van der Waals surface area (Å²) >= 11 is 1.68. The highest BCUT2D eigenvalue weighted by Gasteiger charge is 2.16. The molecule has 0 radical (unpaired) electrons. The van der Waals surface area contributed by atoms with E-state index in [1.807, 2.05) is 18.2 Å². The molecule has 4 aromatic rings. The van der Waals surface area contributed by atoms with Gasteiger partial charge in [0.05, 0.1) is 29.6 Å². The quantitative estimate of drug-likeness (QED) is 0.233. The Balaban J connectivity index is 1.56. The minimum absolute atomic E-state index is 0.155. The number of aryl methyl sites for hydroxylation is 1. The maximum Gasteiger partial charge on any atom is 0.305 e. The SMILES string of the molecule is COC(=O)CCCCCOc1ccc2nc(-c3cccs3)n(-c3ccc(C)cc3)c2c1. The topological polar surface area (TPSA) is 53.4 Å². The normalized spacial score (nSPS) is 11.0. The van der Waals surface area contributed by atoms with Gasteiger partial charge in [0, 0.05) is 18.2 Å². The van der Waals surface area contributed by atoms with Gasteiger partial charge in [-0.05, 0) is 61.9 Å². The van der Waals surface area contributed by atoms with Crippen molar-refractivity contribution in [1.29, 1.82) is 0 Å². The van der Waals surface area contributed by atoms with Crippen LogP contribution in [-0.4, -0.2) is 29.2 Å². The maximum absolute atomic E-state index is 11.2. The van der Waals surface area contributed by atoms with Crippen LogP contribution in [0.15, 0.2) is 60.0 Å². The molecule has 0 aliphatic carbocycles. The first-order valence-corrected chi connectivity index (χ1v) is 11.4. The number of hydrogen-bond acceptors (Lipinski definition) is 5. The molecule has 4 rings (SSSR count). The summed E-state index contributed by atoms with van der Waals surface area (Å²) in [5, 5.41) is 2.07. The van der Waals surface area contributed by atoms with Crippen molar-refractivity contribution in [3.63, 3.8) is 0 Å². The van der Waals surface area contributed by atoms with Gasteiger partial charge in [-0.15, -0.1) is 11.3 Å². The first kappa shape index (κ1) is 21.1. The van der Waals surface area contributed by atoms with Crippen LogP contribution in [-0.2, 0) is 9.53 Å². The van der Waals surface area contributed by atoms with Crippen molar-refractivity contribution in [2.45, 2.75) is 32.6 Å². The van der Waals surface area contributed by atoms with E-state index >= 15 is 0 Å². The van der Waals surface area contributed by atoms with Crippen LogP contribution in [0.25, 0.3) is 27.4 Å². The van der Waals surface area contributed by atoms with E-state index in [0.29, 0.717) is 13.0 Å². The van der Waals surface area contributed by atoms with Gasteiger partial charge in [-0.3, -0.25) is 9.36 Å². The lowest BCUT2D eigenvalue weighted by Crippen LogP contribution is -2.01. The van der Waals surface area contributed by atoms with Gasteiger partial charge in [-0.25, -0.2) is 4.98 Å². The van der Waals surface area contributed by atoms with E-state index in [0.717, 1.165) is 52.4 Å². The highest BCUT2D eigenvalue weighted by atomic mass is 32.1. The lowest BCUT2D eigenvalue weighted by molar-refractivity contribution is -0.140. The van der Waals surface area contributed by atoms with E-state index in [1.54, 1.807) is 11.3 Å². The first-order valence-electron chi connectivity index (χ1n) is 10.5. The standard InChI is InChI=1S/C25H26N2O3S/c1-18-9-11-19(12-10-18)27-22-17-20(30-15-5-3-4-8-24(28)29-2)13-14-21(22)26-25(27)23-7-6-16-31-23/h6-7,9-14,16-17H,3-5,8,15H2,1-2H3. The Hall–Kier alpha value is -3.12. The molecular formula is C25H26N2O3S. The van der Waals surface area contributed by atoms with Gasteiger partial charge >= 0.3 is 5.97 Å². The number of aromatic nitrogens is 2. The molecular weight excluding hydrogens is 408 g/mol. The summed E-state index contributed by atoms with van der Waals surface area (Å²) < 4.78 is 12.9. The lowest BCUT2D eigenvalue weighted by atomic mass is 10.2. The molecule has 31 heavy (non-hydrogen) atoms. The minimum atomic E-state index is -0.155. The van der Waals surface area contributed by atoms with Crippen LogP contribution in [0.1, 0.15) is 31.2 Å². The number of thiophene rings is 1. The van der Waals surface area contributed by atoms with Crippen molar-refractivity contribution in [2.75, 3.05) is 13.7 Å². The first-order chi connectivity index (χ1) is 15.2. The van der Waals surface area contributed by atoms with Crippen LogP contribution >= 0.6 is 11.3 Å². The summed E-state index contributed by atoms with van der Waals surface area (Å²) in [6.07, 6.45) is 3.11. The third kappa shape index (κ3) is 4.97. The number of imidazole rings is 1. The molecule has 0 unspecified atom stereocenters. The van der Waals surface area contributed by atoms with Gasteiger partial charge in [0.1, 0.15) is 5.75 Å². The lowest BCUT2D eigenvalue weighted by Gasteiger charge is -2.10. The number of unbranched alkanes of at least 4 members (excludes halogenated alkanes) is 2. The molecule has 0 saturated carbocycles. The van der Waals surface area contributed by atoms with Crippen molar-refractivity contribution in [1.82, 2.24) is 9.55 Å². The zero-order chi connectivity index (χ0) is 21.6. The number of carbonyl (C=O) groups is 1. The molecule has 0 bridgehead atoms. The summed E-state index contributed by atoms with van der Waals surface area (Å²) in [4.78, 5) is 17.2. The Kier molecular flexibility index (Phi) is 6.67. The molecule has 0 N–H and O–H groups in total. The second-order valence-corrected chi connectivity index (χ2v) is 8.42. The number of nitrogens with zero attached hydrogens (tertiary/aromatic N) is 2. The minimum Gasteiger partial charge on any atom is -0.494 e. The summed E-state index contributed by atoms with van der Waals surface area (Å²) in [7, 11) is 1.42.